The van der Waals surface area contributed by atoms with Crippen molar-refractivity contribution in [2.24, 2.45) is 5.41 Å². The van der Waals surface area contributed by atoms with Gasteiger partial charge in [0.15, 0.2) is 5.41 Å². The molecule has 0 saturated carbocycles. The van der Waals surface area contributed by atoms with Gasteiger partial charge in [-0.1, -0.05) is 29.8 Å². The normalized spacial score (nSPS) is 22.8. The van der Waals surface area contributed by atoms with Gasteiger partial charge in [0.25, 0.3) is 0 Å². The molecule has 0 aromatic heterocycles. The highest BCUT2D eigenvalue weighted by Gasteiger charge is 2.62. The second-order valence-electron chi connectivity index (χ2n) is 4.67. The van der Waals surface area contributed by atoms with Crippen molar-refractivity contribution in [1.29, 1.82) is 0 Å². The largest absolute Gasteiger partial charge is 0.460 e. The second-order valence-corrected chi connectivity index (χ2v) is 5.08. The number of hydrogen-bond acceptors (Lipinski definition) is 3. The zero-order chi connectivity index (χ0) is 14.8. The quantitative estimate of drug-likeness (QED) is 0.873. The molecule has 3 nitrogen and oxygen atoms in total. The highest BCUT2D eigenvalue weighted by molar-refractivity contribution is 6.31. The molecule has 0 bridgehead atoms. The molecule has 1 heterocycles. The number of alkyl halides is 3. The molecule has 1 aliphatic heterocycles. The number of carbonyl (C=O) groups excluding carboxylic acids is 1. The van der Waals surface area contributed by atoms with Crippen LogP contribution in [-0.2, 0) is 16.1 Å². The molecule has 20 heavy (non-hydrogen) atoms. The standard InChI is InChI=1S/C13H13ClF3NO2/c14-10-4-2-1-3-9(10)7-20-11(19)12(13(15,16)17)5-6-18-8-12/h1-4,18H,5-8H2. The Labute approximate surface area is 119 Å². The van der Waals surface area contributed by atoms with E-state index in [1.807, 2.05) is 0 Å². The first kappa shape index (κ1) is 15.1. The third-order valence-corrected chi connectivity index (χ3v) is 3.77. The molecule has 1 N–H and O–H groups in total. The molecule has 1 atom stereocenters. The first-order chi connectivity index (χ1) is 9.37. The van der Waals surface area contributed by atoms with E-state index in [9.17, 15) is 18.0 Å². The minimum absolute atomic E-state index is 0.140. The van der Waals surface area contributed by atoms with Gasteiger partial charge in [0.05, 0.1) is 0 Å². The molecule has 7 heteroatoms. The van der Waals surface area contributed by atoms with Gasteiger partial charge in [0.1, 0.15) is 6.61 Å². The Hall–Kier alpha value is -1.27. The third kappa shape index (κ3) is 2.76. The van der Waals surface area contributed by atoms with E-state index in [0.717, 1.165) is 0 Å². The SMILES string of the molecule is O=C(OCc1ccccc1Cl)C1(C(F)(F)F)CCNC1. The van der Waals surface area contributed by atoms with Gasteiger partial charge in [-0.3, -0.25) is 4.79 Å². The fourth-order valence-corrected chi connectivity index (χ4v) is 2.31. The monoisotopic (exact) mass is 307 g/mol. The number of esters is 1. The maximum atomic E-state index is 13.1. The molecule has 0 amide bonds. The van der Waals surface area contributed by atoms with Crippen LogP contribution in [-0.4, -0.2) is 25.2 Å². The van der Waals surface area contributed by atoms with Gasteiger partial charge in [-0.15, -0.1) is 0 Å². The first-order valence-corrected chi connectivity index (χ1v) is 6.43. The summed E-state index contributed by atoms with van der Waals surface area (Å²) in [5.74, 6) is -1.25. The average Bonchev–Trinajstić information content (AvgIpc) is 2.87. The van der Waals surface area contributed by atoms with Crippen LogP contribution in [0.4, 0.5) is 13.2 Å². The number of hydrogen-bond donors (Lipinski definition) is 1. The molecular weight excluding hydrogens is 295 g/mol. The van der Waals surface area contributed by atoms with Crippen LogP contribution in [0.2, 0.25) is 5.02 Å². The van der Waals surface area contributed by atoms with E-state index < -0.39 is 24.1 Å². The molecule has 1 fully saturated rings. The van der Waals surface area contributed by atoms with Crippen molar-refractivity contribution in [3.05, 3.63) is 34.9 Å². The van der Waals surface area contributed by atoms with Crippen LogP contribution in [0.3, 0.4) is 0 Å². The summed E-state index contributed by atoms with van der Waals surface area (Å²) in [4.78, 5) is 11.9. The maximum absolute atomic E-state index is 13.1. The summed E-state index contributed by atoms with van der Waals surface area (Å²) < 4.78 is 44.2. The Kier molecular flexibility index (Phi) is 4.25. The zero-order valence-corrected chi connectivity index (χ0v) is 11.2. The fraction of sp³-hybridized carbons (Fsp3) is 0.462. The number of ether oxygens (including phenoxy) is 1. The van der Waals surface area contributed by atoms with Crippen LogP contribution >= 0.6 is 11.6 Å². The number of rotatable bonds is 3. The zero-order valence-electron chi connectivity index (χ0n) is 10.5. The molecular formula is C13H13ClF3NO2. The maximum Gasteiger partial charge on any atom is 0.406 e. The van der Waals surface area contributed by atoms with Crippen molar-refractivity contribution in [1.82, 2.24) is 5.32 Å². The van der Waals surface area contributed by atoms with Gasteiger partial charge < -0.3 is 10.1 Å². The Bertz CT molecular complexity index is 499. The minimum Gasteiger partial charge on any atom is -0.460 e. The van der Waals surface area contributed by atoms with Gasteiger partial charge in [-0.05, 0) is 19.0 Å². The lowest BCUT2D eigenvalue weighted by molar-refractivity contribution is -0.229. The summed E-state index contributed by atoms with van der Waals surface area (Å²) >= 11 is 5.87. The number of nitrogens with one attached hydrogen (secondary N) is 1. The van der Waals surface area contributed by atoms with Crippen molar-refractivity contribution in [2.75, 3.05) is 13.1 Å². The highest BCUT2D eigenvalue weighted by atomic mass is 35.5. The lowest BCUT2D eigenvalue weighted by Crippen LogP contribution is -2.47. The van der Waals surface area contributed by atoms with E-state index in [0.29, 0.717) is 10.6 Å². The van der Waals surface area contributed by atoms with E-state index in [-0.39, 0.29) is 19.6 Å². The predicted molar refractivity (Wildman–Crippen MR) is 67.2 cm³/mol. The summed E-state index contributed by atoms with van der Waals surface area (Å²) in [7, 11) is 0. The van der Waals surface area contributed by atoms with Gasteiger partial charge in [-0.2, -0.15) is 13.2 Å². The number of halogens is 4. The summed E-state index contributed by atoms with van der Waals surface area (Å²) in [6.07, 6.45) is -4.94. The topological polar surface area (TPSA) is 38.3 Å². The molecule has 1 aliphatic rings. The summed E-state index contributed by atoms with van der Waals surface area (Å²) in [6, 6.07) is 6.54. The van der Waals surface area contributed by atoms with Crippen molar-refractivity contribution < 1.29 is 22.7 Å². The molecule has 110 valence electrons. The second kappa shape index (κ2) is 5.61. The third-order valence-electron chi connectivity index (χ3n) is 3.41. The molecule has 0 radical (unpaired) electrons. The lowest BCUT2D eigenvalue weighted by Gasteiger charge is -2.28. The molecule has 0 spiro atoms. The summed E-state index contributed by atoms with van der Waals surface area (Å²) in [5.41, 5.74) is -1.97. The first-order valence-electron chi connectivity index (χ1n) is 6.05. The minimum atomic E-state index is -4.63. The van der Waals surface area contributed by atoms with Crippen LogP contribution < -0.4 is 5.32 Å². The van der Waals surface area contributed by atoms with Crippen molar-refractivity contribution >= 4 is 17.6 Å². The smallest absolute Gasteiger partial charge is 0.406 e. The van der Waals surface area contributed by atoms with Gasteiger partial charge in [0, 0.05) is 17.1 Å². The van der Waals surface area contributed by atoms with E-state index in [1.54, 1.807) is 24.3 Å². The molecule has 0 aliphatic carbocycles. The van der Waals surface area contributed by atoms with Crippen LogP contribution in [0.5, 0.6) is 0 Å². The fourth-order valence-electron chi connectivity index (χ4n) is 2.12. The van der Waals surface area contributed by atoms with Crippen LogP contribution in [0.25, 0.3) is 0 Å². The molecule has 1 aromatic rings. The van der Waals surface area contributed by atoms with E-state index in [1.165, 1.54) is 0 Å². The molecule has 1 aromatic carbocycles. The Morgan fingerprint density at radius 2 is 2.10 bits per heavy atom. The van der Waals surface area contributed by atoms with Crippen LogP contribution in [0.1, 0.15) is 12.0 Å². The van der Waals surface area contributed by atoms with Gasteiger partial charge in [-0.25, -0.2) is 0 Å². The van der Waals surface area contributed by atoms with E-state index in [2.05, 4.69) is 5.32 Å². The Balaban J connectivity index is 2.09. The van der Waals surface area contributed by atoms with E-state index >= 15 is 0 Å². The highest BCUT2D eigenvalue weighted by Crippen LogP contribution is 2.44. The van der Waals surface area contributed by atoms with Gasteiger partial charge >= 0.3 is 12.1 Å². The lowest BCUT2D eigenvalue weighted by atomic mass is 9.86. The number of benzene rings is 1. The van der Waals surface area contributed by atoms with Crippen LogP contribution in [0.15, 0.2) is 24.3 Å². The Morgan fingerprint density at radius 3 is 2.65 bits per heavy atom. The van der Waals surface area contributed by atoms with Crippen molar-refractivity contribution in [3.8, 4) is 0 Å². The Morgan fingerprint density at radius 1 is 1.40 bits per heavy atom. The van der Waals surface area contributed by atoms with E-state index in [4.69, 9.17) is 16.3 Å². The molecule has 2 rings (SSSR count). The average molecular weight is 308 g/mol. The summed E-state index contributed by atoms with van der Waals surface area (Å²) in [6.45, 7) is -0.575. The van der Waals surface area contributed by atoms with Crippen LogP contribution in [0, 0.1) is 5.41 Å². The van der Waals surface area contributed by atoms with Gasteiger partial charge in [0.2, 0.25) is 0 Å². The van der Waals surface area contributed by atoms with Crippen molar-refractivity contribution in [3.63, 3.8) is 0 Å². The predicted octanol–water partition coefficient (Wildman–Crippen LogP) is 2.93. The number of carbonyl (C=O) groups is 1. The molecule has 1 unspecified atom stereocenters. The molecule has 1 saturated heterocycles. The van der Waals surface area contributed by atoms with Crippen molar-refractivity contribution in [2.45, 2.75) is 19.2 Å². The summed E-state index contributed by atoms with van der Waals surface area (Å²) in [5, 5.41) is 2.92.